The van der Waals surface area contributed by atoms with Gasteiger partial charge < -0.3 is 14.5 Å². The van der Waals surface area contributed by atoms with Crippen LogP contribution in [-0.2, 0) is 9.53 Å². The molecule has 0 aliphatic carbocycles. The molecule has 1 spiro atoms. The third kappa shape index (κ3) is 4.61. The number of piperidine rings is 1. The molecule has 1 unspecified atom stereocenters. The number of nitro groups is 1. The van der Waals surface area contributed by atoms with Gasteiger partial charge in [0.2, 0.25) is 5.91 Å². The van der Waals surface area contributed by atoms with Crippen LogP contribution in [0.3, 0.4) is 0 Å². The second kappa shape index (κ2) is 9.83. The number of benzene rings is 2. The minimum absolute atomic E-state index is 0.0839. The van der Waals surface area contributed by atoms with E-state index in [1.807, 2.05) is 13.0 Å². The molecule has 10 heteroatoms. The molecule has 35 heavy (non-hydrogen) atoms. The number of carbonyl (C=O) groups is 3. The van der Waals surface area contributed by atoms with Gasteiger partial charge in [0.05, 0.1) is 11.5 Å². The van der Waals surface area contributed by atoms with Gasteiger partial charge in [-0.25, -0.2) is 0 Å². The molecular formula is C25H28N4O6. The van der Waals surface area contributed by atoms with Crippen molar-refractivity contribution < 1.29 is 24.0 Å². The van der Waals surface area contributed by atoms with Gasteiger partial charge in [-0.2, -0.15) is 0 Å². The third-order valence-electron chi connectivity index (χ3n) is 6.77. The number of carbonyl (C=O) groups excluding carboxylic acids is 3. The summed E-state index contributed by atoms with van der Waals surface area (Å²) >= 11 is 0. The monoisotopic (exact) mass is 480 g/mol. The summed E-state index contributed by atoms with van der Waals surface area (Å²) in [7, 11) is 1.69. The predicted molar refractivity (Wildman–Crippen MR) is 127 cm³/mol. The highest BCUT2D eigenvalue weighted by Crippen LogP contribution is 2.39. The molecule has 2 saturated heterocycles. The summed E-state index contributed by atoms with van der Waals surface area (Å²) in [5.74, 6) is -0.797. The summed E-state index contributed by atoms with van der Waals surface area (Å²) in [6, 6.07) is 13.7. The second-order valence-corrected chi connectivity index (χ2v) is 8.77. The van der Waals surface area contributed by atoms with Crippen molar-refractivity contribution in [3.8, 4) is 0 Å². The molecule has 0 aromatic heterocycles. The Balaban J connectivity index is 1.57. The minimum atomic E-state index is -1.01. The molecule has 2 aromatic carbocycles. The molecule has 0 bridgehead atoms. The van der Waals surface area contributed by atoms with Crippen LogP contribution in [0.1, 0.15) is 40.5 Å². The zero-order chi connectivity index (χ0) is 25.2. The summed E-state index contributed by atoms with van der Waals surface area (Å²) in [5, 5.41) is 11.1. The Hall–Kier alpha value is -3.79. The van der Waals surface area contributed by atoms with Crippen molar-refractivity contribution in [1.29, 1.82) is 0 Å². The zero-order valence-electron chi connectivity index (χ0n) is 19.8. The van der Waals surface area contributed by atoms with Crippen LogP contribution in [0.2, 0.25) is 0 Å². The van der Waals surface area contributed by atoms with Crippen LogP contribution in [0.5, 0.6) is 0 Å². The van der Waals surface area contributed by atoms with E-state index < -0.39 is 16.7 Å². The molecule has 2 aliphatic rings. The first kappa shape index (κ1) is 24.3. The molecule has 10 nitrogen and oxygen atoms in total. The van der Waals surface area contributed by atoms with Crippen LogP contribution in [0, 0.1) is 10.1 Å². The Labute approximate surface area is 203 Å². The maximum atomic E-state index is 13.6. The molecule has 0 radical (unpaired) electrons. The molecule has 0 saturated carbocycles. The predicted octanol–water partition coefficient (Wildman–Crippen LogP) is 2.55. The second-order valence-electron chi connectivity index (χ2n) is 8.77. The maximum absolute atomic E-state index is 13.6. The molecule has 2 aliphatic heterocycles. The van der Waals surface area contributed by atoms with Gasteiger partial charge >= 0.3 is 0 Å². The van der Waals surface area contributed by atoms with E-state index in [2.05, 4.69) is 0 Å². The highest BCUT2D eigenvalue weighted by molar-refractivity contribution is 5.98. The van der Waals surface area contributed by atoms with Crippen LogP contribution in [-0.4, -0.2) is 82.4 Å². The molecule has 0 N–H and O–H groups in total. The maximum Gasteiger partial charge on any atom is 0.270 e. The summed E-state index contributed by atoms with van der Waals surface area (Å²) in [5.41, 5.74) is -0.465. The minimum Gasteiger partial charge on any atom is -0.353 e. The lowest BCUT2D eigenvalue weighted by molar-refractivity contribution is -0.384. The van der Waals surface area contributed by atoms with Crippen molar-refractivity contribution in [2.24, 2.45) is 0 Å². The van der Waals surface area contributed by atoms with E-state index in [9.17, 15) is 24.5 Å². The lowest BCUT2D eigenvalue weighted by Gasteiger charge is -2.44. The van der Waals surface area contributed by atoms with E-state index in [0.29, 0.717) is 24.9 Å². The van der Waals surface area contributed by atoms with Crippen molar-refractivity contribution in [1.82, 2.24) is 14.7 Å². The van der Waals surface area contributed by atoms with E-state index in [-0.39, 0.29) is 48.7 Å². The van der Waals surface area contributed by atoms with Gasteiger partial charge in [0.15, 0.2) is 0 Å². The average Bonchev–Trinajstić information content (AvgIpc) is 3.26. The number of ether oxygens (including phenoxy) is 1. The molecular weight excluding hydrogens is 452 g/mol. The lowest BCUT2D eigenvalue weighted by Crippen LogP contribution is -2.59. The SMILES string of the molecule is CCN(C)C(=O)C1COC2(CCN(C(=O)c3cccc([N+](=O)[O-])c3)CC2)N1C(=O)c1ccccc1. The summed E-state index contributed by atoms with van der Waals surface area (Å²) in [6.07, 6.45) is 0.651. The van der Waals surface area contributed by atoms with Gasteiger partial charge in [-0.3, -0.25) is 29.4 Å². The van der Waals surface area contributed by atoms with Crippen LogP contribution in [0.4, 0.5) is 5.69 Å². The first-order valence-electron chi connectivity index (χ1n) is 11.6. The first-order valence-corrected chi connectivity index (χ1v) is 11.6. The Kier molecular flexibility index (Phi) is 6.83. The average molecular weight is 481 g/mol. The fraction of sp³-hybridized carbons (Fsp3) is 0.400. The molecule has 184 valence electrons. The van der Waals surface area contributed by atoms with Gasteiger partial charge in [0.25, 0.3) is 17.5 Å². The molecule has 2 heterocycles. The van der Waals surface area contributed by atoms with Gasteiger partial charge in [0.1, 0.15) is 11.8 Å². The molecule has 2 fully saturated rings. The number of likely N-dealkylation sites (N-methyl/N-ethyl adjacent to an activating group) is 1. The van der Waals surface area contributed by atoms with Crippen molar-refractivity contribution in [3.63, 3.8) is 0 Å². The Morgan fingerprint density at radius 1 is 1.06 bits per heavy atom. The first-order chi connectivity index (χ1) is 16.8. The Morgan fingerprint density at radius 3 is 2.34 bits per heavy atom. The highest BCUT2D eigenvalue weighted by atomic mass is 16.6. The number of nitrogens with zero attached hydrogens (tertiary/aromatic N) is 4. The number of amides is 3. The topological polar surface area (TPSA) is 113 Å². The summed E-state index contributed by atoms with van der Waals surface area (Å²) < 4.78 is 6.18. The zero-order valence-corrected chi connectivity index (χ0v) is 19.8. The standard InChI is InChI=1S/C25H28N4O6/c1-3-26(2)24(32)21-17-35-25(28(21)23(31)18-8-5-4-6-9-18)12-14-27(15-13-25)22(30)19-10-7-11-20(16-19)29(33)34/h4-11,16,21H,3,12-15,17H2,1-2H3. The van der Waals surface area contributed by atoms with Crippen LogP contribution in [0.25, 0.3) is 0 Å². The largest absolute Gasteiger partial charge is 0.353 e. The molecule has 4 rings (SSSR count). The number of nitro benzene ring substituents is 1. The lowest BCUT2D eigenvalue weighted by atomic mass is 9.96. The highest BCUT2D eigenvalue weighted by Gasteiger charge is 2.54. The third-order valence-corrected chi connectivity index (χ3v) is 6.77. The van der Waals surface area contributed by atoms with E-state index >= 15 is 0 Å². The smallest absolute Gasteiger partial charge is 0.270 e. The van der Waals surface area contributed by atoms with E-state index in [4.69, 9.17) is 4.74 Å². The van der Waals surface area contributed by atoms with Crippen LogP contribution < -0.4 is 0 Å². The number of hydrogen-bond donors (Lipinski definition) is 0. The summed E-state index contributed by atoms with van der Waals surface area (Å²) in [4.78, 5) is 55.1. The molecule has 3 amide bonds. The van der Waals surface area contributed by atoms with E-state index in [1.165, 1.54) is 18.2 Å². The van der Waals surface area contributed by atoms with Crippen molar-refractivity contribution >= 4 is 23.4 Å². The van der Waals surface area contributed by atoms with Crippen molar-refractivity contribution in [2.45, 2.75) is 31.5 Å². The van der Waals surface area contributed by atoms with Crippen molar-refractivity contribution in [3.05, 3.63) is 75.8 Å². The van der Waals surface area contributed by atoms with Gasteiger partial charge in [-0.05, 0) is 25.1 Å². The molecule has 1 atom stereocenters. The number of likely N-dealkylation sites (tertiary alicyclic amines) is 1. The molecule has 2 aromatic rings. The number of non-ortho nitro benzene ring substituents is 1. The number of hydrogen-bond acceptors (Lipinski definition) is 6. The Morgan fingerprint density at radius 2 is 1.71 bits per heavy atom. The normalized spacial score (nSPS) is 19.0. The quantitative estimate of drug-likeness (QED) is 0.480. The summed E-state index contributed by atoms with van der Waals surface area (Å²) in [6.45, 7) is 3.02. The van der Waals surface area contributed by atoms with Crippen LogP contribution in [0.15, 0.2) is 54.6 Å². The fourth-order valence-electron chi connectivity index (χ4n) is 4.68. The Bertz CT molecular complexity index is 1130. The number of rotatable bonds is 5. The van der Waals surface area contributed by atoms with Gasteiger partial charge in [-0.15, -0.1) is 0 Å². The van der Waals surface area contributed by atoms with Crippen LogP contribution >= 0.6 is 0 Å². The van der Waals surface area contributed by atoms with Gasteiger partial charge in [0, 0.05) is 62.8 Å². The van der Waals surface area contributed by atoms with E-state index in [1.54, 1.807) is 52.1 Å². The van der Waals surface area contributed by atoms with Gasteiger partial charge in [-0.1, -0.05) is 24.3 Å². The fourth-order valence-corrected chi connectivity index (χ4v) is 4.68. The van der Waals surface area contributed by atoms with E-state index in [0.717, 1.165) is 0 Å². The van der Waals surface area contributed by atoms with Crippen molar-refractivity contribution in [2.75, 3.05) is 33.3 Å².